The number of benzene rings is 1. The van der Waals surface area contributed by atoms with Crippen LogP contribution in [0.4, 0.5) is 0 Å². The number of ether oxygens (including phenoxy) is 2. The van der Waals surface area contributed by atoms with E-state index in [9.17, 15) is 4.57 Å². The topological polar surface area (TPSA) is 54.0 Å². The molecule has 138 valence electrons. The average Bonchev–Trinajstić information content (AvgIpc) is 2.55. The zero-order valence-corrected chi connectivity index (χ0v) is 16.9. The predicted octanol–water partition coefficient (Wildman–Crippen LogP) is 4.42. The van der Waals surface area contributed by atoms with Crippen molar-refractivity contribution in [1.29, 1.82) is 0 Å². The van der Waals surface area contributed by atoms with Gasteiger partial charge in [0.2, 0.25) is 0 Å². The Kier molecular flexibility index (Phi) is 8.28. The summed E-state index contributed by atoms with van der Waals surface area (Å²) < 4.78 is 36.0. The lowest BCUT2D eigenvalue weighted by Gasteiger charge is -2.26. The number of hydrogen-bond acceptors (Lipinski definition) is 5. The summed E-state index contributed by atoms with van der Waals surface area (Å²) >= 11 is 0. The Morgan fingerprint density at radius 2 is 1.42 bits per heavy atom. The number of hydrogen-bond donors (Lipinski definition) is 0. The van der Waals surface area contributed by atoms with Gasteiger partial charge in [0.15, 0.2) is 0 Å². The van der Waals surface area contributed by atoms with Crippen molar-refractivity contribution >= 4 is 12.9 Å². The Morgan fingerprint density at radius 3 is 1.79 bits per heavy atom. The molecule has 0 bridgehead atoms. The van der Waals surface area contributed by atoms with Gasteiger partial charge < -0.3 is 18.5 Å². The molecule has 0 saturated carbocycles. The summed E-state index contributed by atoms with van der Waals surface area (Å²) in [6.07, 6.45) is 2.57. The Balaban J connectivity index is 3.87. The van der Waals surface area contributed by atoms with Crippen LogP contribution >= 0.6 is 7.60 Å². The zero-order chi connectivity index (χ0) is 18.3. The second kappa shape index (κ2) is 9.45. The molecule has 0 unspecified atom stereocenters. The highest BCUT2D eigenvalue weighted by Gasteiger charge is 2.36. The molecule has 0 N–H and O–H groups in total. The number of rotatable bonds is 10. The van der Waals surface area contributed by atoms with Crippen LogP contribution in [0.3, 0.4) is 0 Å². The van der Waals surface area contributed by atoms with Gasteiger partial charge in [-0.15, -0.1) is 0 Å². The smallest absolute Gasteiger partial charge is 0.365 e. The van der Waals surface area contributed by atoms with E-state index < -0.39 is 7.60 Å². The molecule has 5 nitrogen and oxygen atoms in total. The summed E-state index contributed by atoms with van der Waals surface area (Å²) in [5.74, 6) is 1.36. The molecule has 0 amide bonds. The van der Waals surface area contributed by atoms with Crippen LogP contribution in [0.5, 0.6) is 11.5 Å². The standard InChI is InChI=1S/C18H31O5P/c1-8-12-15-14(9-2)16(20-6)13(5)18(17(15)21-7)24(19,22-10-3)23-11-4/h8-12H2,1-7H3. The molecule has 0 spiro atoms. The normalized spacial score (nSPS) is 11.6. The fraction of sp³-hybridized carbons (Fsp3) is 0.667. The average molecular weight is 358 g/mol. The van der Waals surface area contributed by atoms with Crippen molar-refractivity contribution in [3.05, 3.63) is 16.7 Å². The quantitative estimate of drug-likeness (QED) is 0.580. The Morgan fingerprint density at radius 1 is 0.875 bits per heavy atom. The molecule has 0 aromatic heterocycles. The largest absolute Gasteiger partial charge is 0.496 e. The number of methoxy groups -OCH3 is 2. The second-order valence-corrected chi connectivity index (χ2v) is 7.39. The van der Waals surface area contributed by atoms with Gasteiger partial charge in [0.25, 0.3) is 0 Å². The Bertz CT molecular complexity index is 588. The molecule has 0 aliphatic rings. The lowest BCUT2D eigenvalue weighted by atomic mass is 9.96. The molecule has 6 heteroatoms. The van der Waals surface area contributed by atoms with E-state index in [0.29, 0.717) is 24.3 Å². The first kappa shape index (κ1) is 21.0. The van der Waals surface area contributed by atoms with E-state index in [4.69, 9.17) is 18.5 Å². The fourth-order valence-electron chi connectivity index (χ4n) is 3.14. The van der Waals surface area contributed by atoms with E-state index >= 15 is 0 Å². The third kappa shape index (κ3) is 3.96. The van der Waals surface area contributed by atoms with Crippen molar-refractivity contribution in [2.45, 2.75) is 53.9 Å². The molecular weight excluding hydrogens is 327 g/mol. The van der Waals surface area contributed by atoms with Crippen LogP contribution in [-0.4, -0.2) is 27.4 Å². The minimum absolute atomic E-state index is 0.292. The van der Waals surface area contributed by atoms with Crippen molar-refractivity contribution in [1.82, 2.24) is 0 Å². The molecule has 1 aromatic carbocycles. The molecule has 0 fully saturated rings. The maximum atomic E-state index is 13.5. The summed E-state index contributed by atoms with van der Waals surface area (Å²) in [5.41, 5.74) is 2.88. The van der Waals surface area contributed by atoms with Crippen molar-refractivity contribution in [3.8, 4) is 11.5 Å². The van der Waals surface area contributed by atoms with E-state index in [1.54, 1.807) is 28.1 Å². The van der Waals surface area contributed by atoms with Gasteiger partial charge >= 0.3 is 7.60 Å². The summed E-state index contributed by atoms with van der Waals surface area (Å²) in [6.45, 7) is 10.3. The molecule has 24 heavy (non-hydrogen) atoms. The van der Waals surface area contributed by atoms with Gasteiger partial charge in [-0.1, -0.05) is 20.3 Å². The summed E-state index contributed by atoms with van der Waals surface area (Å²) in [7, 11) is -0.248. The molecule has 0 aliphatic carbocycles. The second-order valence-electron chi connectivity index (χ2n) is 5.43. The van der Waals surface area contributed by atoms with E-state index in [0.717, 1.165) is 41.7 Å². The lowest BCUT2D eigenvalue weighted by Crippen LogP contribution is -2.21. The highest BCUT2D eigenvalue weighted by atomic mass is 31.2. The highest BCUT2D eigenvalue weighted by molar-refractivity contribution is 7.62. The van der Waals surface area contributed by atoms with Gasteiger partial charge in [-0.05, 0) is 33.6 Å². The van der Waals surface area contributed by atoms with Crippen LogP contribution in [-0.2, 0) is 26.5 Å². The van der Waals surface area contributed by atoms with Crippen molar-refractivity contribution < 1.29 is 23.1 Å². The summed E-state index contributed by atoms with van der Waals surface area (Å²) in [6, 6.07) is 0. The fourth-order valence-corrected chi connectivity index (χ4v) is 5.14. The third-order valence-electron chi connectivity index (χ3n) is 3.96. The van der Waals surface area contributed by atoms with Crippen LogP contribution < -0.4 is 14.8 Å². The van der Waals surface area contributed by atoms with Gasteiger partial charge in [0, 0.05) is 16.7 Å². The first-order valence-electron chi connectivity index (χ1n) is 8.61. The van der Waals surface area contributed by atoms with Gasteiger partial charge in [-0.2, -0.15) is 0 Å². The first-order chi connectivity index (χ1) is 11.4. The lowest BCUT2D eigenvalue weighted by molar-refractivity contribution is 0.229. The van der Waals surface area contributed by atoms with Gasteiger partial charge in [-0.25, -0.2) is 0 Å². The van der Waals surface area contributed by atoms with Crippen molar-refractivity contribution in [3.63, 3.8) is 0 Å². The molecule has 0 radical (unpaired) electrons. The maximum Gasteiger partial charge on any atom is 0.365 e. The highest BCUT2D eigenvalue weighted by Crippen LogP contribution is 2.53. The maximum absolute atomic E-state index is 13.5. The molecule has 0 heterocycles. The summed E-state index contributed by atoms with van der Waals surface area (Å²) in [5, 5.41) is 0.492. The van der Waals surface area contributed by atoms with Gasteiger partial charge in [-0.3, -0.25) is 4.57 Å². The van der Waals surface area contributed by atoms with Crippen LogP contribution in [0.25, 0.3) is 0 Å². The third-order valence-corrected chi connectivity index (χ3v) is 6.24. The summed E-state index contributed by atoms with van der Waals surface area (Å²) in [4.78, 5) is 0. The molecule has 0 aliphatic heterocycles. The van der Waals surface area contributed by atoms with Gasteiger partial charge in [0.05, 0.1) is 27.4 Å². The van der Waals surface area contributed by atoms with E-state index in [1.807, 2.05) is 6.92 Å². The molecular formula is C18H31O5P. The molecule has 1 aromatic rings. The first-order valence-corrected chi connectivity index (χ1v) is 10.2. The van der Waals surface area contributed by atoms with Crippen molar-refractivity contribution in [2.24, 2.45) is 0 Å². The molecule has 0 saturated heterocycles. The van der Waals surface area contributed by atoms with Crippen LogP contribution in [0, 0.1) is 6.92 Å². The van der Waals surface area contributed by atoms with Gasteiger partial charge in [0.1, 0.15) is 16.8 Å². The van der Waals surface area contributed by atoms with Crippen LogP contribution in [0.1, 0.15) is 50.8 Å². The Hall–Kier alpha value is -1.03. The van der Waals surface area contributed by atoms with E-state index in [-0.39, 0.29) is 0 Å². The predicted molar refractivity (Wildman–Crippen MR) is 98.1 cm³/mol. The van der Waals surface area contributed by atoms with Crippen molar-refractivity contribution in [2.75, 3.05) is 27.4 Å². The minimum Gasteiger partial charge on any atom is -0.496 e. The van der Waals surface area contributed by atoms with E-state index in [2.05, 4.69) is 13.8 Å². The monoisotopic (exact) mass is 358 g/mol. The van der Waals surface area contributed by atoms with Crippen LogP contribution in [0.15, 0.2) is 0 Å². The zero-order valence-electron chi connectivity index (χ0n) is 16.0. The minimum atomic E-state index is -3.49. The molecule has 0 atom stereocenters. The van der Waals surface area contributed by atoms with E-state index in [1.165, 1.54) is 0 Å². The Labute approximate surface area is 146 Å². The van der Waals surface area contributed by atoms with Crippen LogP contribution in [0.2, 0.25) is 0 Å². The SMILES string of the molecule is CCCc1c(CC)c(OC)c(C)c(P(=O)(OCC)OCC)c1OC. The molecule has 1 rings (SSSR count).